The minimum Gasteiger partial charge on any atom is -0.359 e. The van der Waals surface area contributed by atoms with E-state index in [0.717, 1.165) is 13.1 Å². The molecule has 2 fully saturated rings. The molecule has 0 saturated carbocycles. The second-order valence-corrected chi connectivity index (χ2v) is 8.64. The molecule has 1 unspecified atom stereocenters. The van der Waals surface area contributed by atoms with Crippen molar-refractivity contribution in [2.45, 2.75) is 65.7 Å². The highest BCUT2D eigenvalue weighted by Gasteiger charge is 2.37. The summed E-state index contributed by atoms with van der Waals surface area (Å²) >= 11 is 2.72. The highest BCUT2D eigenvalue weighted by molar-refractivity contribution is 8.05. The highest BCUT2D eigenvalue weighted by Crippen LogP contribution is 2.38. The zero-order valence-corrected chi connectivity index (χ0v) is 22.7. The van der Waals surface area contributed by atoms with Crippen molar-refractivity contribution in [3.8, 4) is 0 Å². The summed E-state index contributed by atoms with van der Waals surface area (Å²) in [6.45, 7) is 20.9. The Balaban J connectivity index is 0. The molecule has 0 radical (unpaired) electrons. The van der Waals surface area contributed by atoms with Crippen LogP contribution in [-0.2, 0) is 13.8 Å². The van der Waals surface area contributed by atoms with E-state index < -0.39 is 5.67 Å². The van der Waals surface area contributed by atoms with Gasteiger partial charge in [-0.1, -0.05) is 33.9 Å². The number of alkyl halides is 1. The van der Waals surface area contributed by atoms with Gasteiger partial charge >= 0.3 is 0 Å². The lowest BCUT2D eigenvalue weighted by atomic mass is 9.93. The average Bonchev–Trinajstić information content (AvgIpc) is 3.24. The number of allylic oxidation sites excluding steroid dienone is 1. The van der Waals surface area contributed by atoms with Crippen LogP contribution in [0, 0.1) is 0 Å². The van der Waals surface area contributed by atoms with Gasteiger partial charge < -0.3 is 19.3 Å². The van der Waals surface area contributed by atoms with Gasteiger partial charge in [0.1, 0.15) is 5.67 Å². The summed E-state index contributed by atoms with van der Waals surface area (Å²) in [6.07, 6.45) is 4.34. The molecule has 0 aromatic rings. The van der Waals surface area contributed by atoms with Crippen LogP contribution < -0.4 is 5.32 Å². The van der Waals surface area contributed by atoms with Crippen molar-refractivity contribution >= 4 is 35.6 Å². The number of likely N-dealkylation sites (N-methyl/N-ethyl adjacent to an activating group) is 1. The average molecular weight is 494 g/mol. The molecule has 2 aliphatic heterocycles. The molecule has 0 aliphatic carbocycles. The summed E-state index contributed by atoms with van der Waals surface area (Å²) in [6, 6.07) is 0. The third kappa shape index (κ3) is 14.2. The Kier molecular flexibility index (Phi) is 20.1. The number of nitrogens with zero attached hydrogens (tertiary/aromatic N) is 2. The fourth-order valence-corrected chi connectivity index (χ4v) is 4.01. The number of carbonyl (C=O) groups is 2. The first-order chi connectivity index (χ1) is 15.1. The van der Waals surface area contributed by atoms with Crippen molar-refractivity contribution in [2.24, 2.45) is 0 Å². The molecule has 0 aromatic carbocycles. The minimum atomic E-state index is -1.34. The van der Waals surface area contributed by atoms with Crippen molar-refractivity contribution in [1.82, 2.24) is 15.1 Å². The van der Waals surface area contributed by atoms with Gasteiger partial charge in [0.15, 0.2) is 0 Å². The van der Waals surface area contributed by atoms with Gasteiger partial charge in [0.05, 0.1) is 6.10 Å². The molecule has 2 rings (SSSR count). The van der Waals surface area contributed by atoms with Gasteiger partial charge in [-0.2, -0.15) is 0 Å². The van der Waals surface area contributed by atoms with Crippen molar-refractivity contribution in [3.63, 3.8) is 0 Å². The first-order valence-electron chi connectivity index (χ1n) is 11.1. The van der Waals surface area contributed by atoms with E-state index >= 15 is 0 Å². The Labute approximate surface area is 204 Å². The number of thioether (sulfide) groups is 1. The van der Waals surface area contributed by atoms with E-state index in [1.165, 1.54) is 50.6 Å². The highest BCUT2D eigenvalue weighted by atomic mass is 32.2. The first kappa shape index (κ1) is 33.1. The second-order valence-electron chi connectivity index (χ2n) is 7.05. The van der Waals surface area contributed by atoms with Crippen LogP contribution in [-0.4, -0.2) is 79.4 Å². The van der Waals surface area contributed by atoms with E-state index in [-0.39, 0.29) is 11.8 Å². The summed E-state index contributed by atoms with van der Waals surface area (Å²) < 4.78 is 19.7. The fourth-order valence-electron chi connectivity index (χ4n) is 2.96. The number of piperidine rings is 1. The standard InChI is InChI=1S/C11H16FNOS.C7H15NOS.C3H7NO.C2H6/c1-4-15-9(2)11(12)5-7-13(8-6-11)10(3)14;1-3-8-5-4-7(6-8)9-10-2;1-3(5)4-2;1-2/h4H,1-2,5-8H2,3H3;7H,3-6H2,1-2H3;1-2H3,(H,4,5);1-2H3. The molecule has 2 heterocycles. The fraction of sp³-hybridized carbons (Fsp3) is 0.739. The maximum Gasteiger partial charge on any atom is 0.219 e. The summed E-state index contributed by atoms with van der Waals surface area (Å²) in [4.78, 5) is 25.4. The number of nitrogens with one attached hydrogen (secondary N) is 1. The van der Waals surface area contributed by atoms with Crippen LogP contribution >= 0.6 is 23.8 Å². The Hall–Kier alpha value is -1.03. The molecule has 32 heavy (non-hydrogen) atoms. The molecule has 6 nitrogen and oxygen atoms in total. The van der Waals surface area contributed by atoms with E-state index in [1.807, 2.05) is 20.1 Å². The van der Waals surface area contributed by atoms with Crippen LogP contribution in [0.4, 0.5) is 4.39 Å². The van der Waals surface area contributed by atoms with Crippen molar-refractivity contribution < 1.29 is 18.2 Å². The zero-order chi connectivity index (χ0) is 25.2. The van der Waals surface area contributed by atoms with Gasteiger partial charge in [0.2, 0.25) is 11.8 Å². The Morgan fingerprint density at radius 2 is 1.78 bits per heavy atom. The number of rotatable bonds is 6. The summed E-state index contributed by atoms with van der Waals surface area (Å²) in [5.74, 6) is 0.0176. The van der Waals surface area contributed by atoms with Gasteiger partial charge in [-0.25, -0.2) is 4.39 Å². The Bertz CT molecular complexity index is 557. The number of amides is 2. The quantitative estimate of drug-likeness (QED) is 0.532. The van der Waals surface area contributed by atoms with Gasteiger partial charge in [0, 0.05) is 71.1 Å². The lowest BCUT2D eigenvalue weighted by Crippen LogP contribution is -2.44. The molecule has 2 aliphatic rings. The smallest absolute Gasteiger partial charge is 0.219 e. The predicted octanol–water partition coefficient (Wildman–Crippen LogP) is 4.88. The van der Waals surface area contributed by atoms with E-state index in [9.17, 15) is 14.0 Å². The zero-order valence-electron chi connectivity index (χ0n) is 21.0. The van der Waals surface area contributed by atoms with E-state index in [2.05, 4.69) is 30.3 Å². The second kappa shape index (κ2) is 19.4. The summed E-state index contributed by atoms with van der Waals surface area (Å²) in [7, 11) is 1.60. The van der Waals surface area contributed by atoms with Gasteiger partial charge in [-0.3, -0.25) is 9.59 Å². The van der Waals surface area contributed by atoms with Crippen molar-refractivity contribution in [3.05, 3.63) is 23.5 Å². The number of hydrogen-bond donors (Lipinski definition) is 1. The minimum absolute atomic E-state index is 0.00463. The lowest BCUT2D eigenvalue weighted by Gasteiger charge is -2.36. The van der Waals surface area contributed by atoms with Crippen molar-refractivity contribution in [1.29, 1.82) is 0 Å². The van der Waals surface area contributed by atoms with Crippen LogP contribution in [0.3, 0.4) is 0 Å². The monoisotopic (exact) mass is 493 g/mol. The maximum absolute atomic E-state index is 14.3. The van der Waals surface area contributed by atoms with Crippen LogP contribution in [0.2, 0.25) is 0 Å². The van der Waals surface area contributed by atoms with Crippen molar-refractivity contribution in [2.75, 3.05) is 46.0 Å². The van der Waals surface area contributed by atoms with E-state index in [0.29, 0.717) is 36.9 Å². The molecule has 1 atom stereocenters. The van der Waals surface area contributed by atoms with Crippen LogP contribution in [0.15, 0.2) is 23.5 Å². The van der Waals surface area contributed by atoms with Crippen LogP contribution in [0.1, 0.15) is 53.9 Å². The Morgan fingerprint density at radius 1 is 1.25 bits per heavy atom. The van der Waals surface area contributed by atoms with Crippen LogP contribution in [0.25, 0.3) is 0 Å². The number of likely N-dealkylation sites (tertiary alicyclic amines) is 2. The summed E-state index contributed by atoms with van der Waals surface area (Å²) in [5.41, 5.74) is -1.34. The predicted molar refractivity (Wildman–Crippen MR) is 138 cm³/mol. The largest absolute Gasteiger partial charge is 0.359 e. The Morgan fingerprint density at radius 3 is 2.12 bits per heavy atom. The molecule has 1 N–H and O–H groups in total. The molecule has 0 spiro atoms. The van der Waals surface area contributed by atoms with Gasteiger partial charge in [-0.15, -0.1) is 11.8 Å². The summed E-state index contributed by atoms with van der Waals surface area (Å²) in [5, 5.41) is 3.97. The lowest BCUT2D eigenvalue weighted by molar-refractivity contribution is -0.130. The first-order valence-corrected chi connectivity index (χ1v) is 13.2. The topological polar surface area (TPSA) is 61.9 Å². The third-order valence-corrected chi connectivity index (χ3v) is 6.27. The van der Waals surface area contributed by atoms with Gasteiger partial charge in [-0.05, 0) is 30.4 Å². The van der Waals surface area contributed by atoms with Crippen LogP contribution in [0.5, 0.6) is 0 Å². The van der Waals surface area contributed by atoms with Gasteiger partial charge in [0.25, 0.3) is 0 Å². The van der Waals surface area contributed by atoms with E-state index in [1.54, 1.807) is 17.4 Å². The SMILES string of the molecule is C=CSC(=C)C1(F)CCN(C(C)=O)CC1.CC.CCN1CCC(OSC)C1.CNC(C)=O. The third-order valence-electron chi connectivity index (χ3n) is 4.99. The maximum atomic E-state index is 14.3. The molecule has 2 saturated heterocycles. The molecule has 0 bridgehead atoms. The molecule has 188 valence electrons. The molecular formula is C23H44FN3O3S2. The van der Waals surface area contributed by atoms with E-state index in [4.69, 9.17) is 4.18 Å². The number of carbonyl (C=O) groups excluding carboxylic acids is 2. The molecule has 0 aromatic heterocycles. The normalized spacial score (nSPS) is 19.1. The molecule has 9 heteroatoms. The number of halogens is 1. The number of hydrogen-bond acceptors (Lipinski definition) is 6. The molecule has 2 amide bonds. The molecular weight excluding hydrogens is 449 g/mol.